The summed E-state index contributed by atoms with van der Waals surface area (Å²) in [6.45, 7) is 1.94. The molecule has 10 heteroatoms. The first-order chi connectivity index (χ1) is 15.4. The van der Waals surface area contributed by atoms with Crippen LogP contribution in [0.2, 0.25) is 0 Å². The van der Waals surface area contributed by atoms with Crippen LogP contribution in [0.1, 0.15) is 36.8 Å². The molecule has 1 saturated carbocycles. The van der Waals surface area contributed by atoms with Gasteiger partial charge in [0.2, 0.25) is 0 Å². The van der Waals surface area contributed by atoms with E-state index in [4.69, 9.17) is 0 Å². The number of rotatable bonds is 4. The van der Waals surface area contributed by atoms with Crippen molar-refractivity contribution in [1.82, 2.24) is 15.2 Å². The third kappa shape index (κ3) is 4.48. The van der Waals surface area contributed by atoms with Gasteiger partial charge in [0.1, 0.15) is 17.4 Å². The minimum absolute atomic E-state index is 0.283. The van der Waals surface area contributed by atoms with E-state index in [0.717, 1.165) is 11.8 Å². The zero-order chi connectivity index (χ0) is 24.0. The molecule has 2 fully saturated rings. The van der Waals surface area contributed by atoms with E-state index in [1.807, 2.05) is 20.2 Å². The summed E-state index contributed by atoms with van der Waals surface area (Å²) < 4.78 is 55.3. The van der Waals surface area contributed by atoms with Gasteiger partial charge in [0.25, 0.3) is 0 Å². The Kier molecular flexibility index (Phi) is 5.76. The standard InChI is InChI=1S/C23H26F4N4O2/c1-15-11-18(33-23(25,26)27)13-28-19(15)31-14-21(29-20(31)32)7-9-22(10-8-21,30(2)3)16-5-4-6-17(24)12-16/h4-6,11-13H,7-10,14H2,1-3H3,(H,29,32). The molecule has 0 atom stereocenters. The Hall–Kier alpha value is -2.88. The first-order valence-electron chi connectivity index (χ1n) is 10.7. The van der Waals surface area contributed by atoms with E-state index in [1.54, 1.807) is 19.1 Å². The molecule has 1 aliphatic heterocycles. The monoisotopic (exact) mass is 466 g/mol. The van der Waals surface area contributed by atoms with E-state index < -0.39 is 17.7 Å². The lowest BCUT2D eigenvalue weighted by molar-refractivity contribution is -0.274. The van der Waals surface area contributed by atoms with E-state index in [2.05, 4.69) is 19.9 Å². The molecule has 2 aliphatic rings. The van der Waals surface area contributed by atoms with E-state index in [9.17, 15) is 22.4 Å². The summed E-state index contributed by atoms with van der Waals surface area (Å²) in [5.41, 5.74) is 0.471. The number of benzene rings is 1. The van der Waals surface area contributed by atoms with Crippen molar-refractivity contribution >= 4 is 11.8 Å². The van der Waals surface area contributed by atoms with Crippen LogP contribution in [0.15, 0.2) is 36.5 Å². The molecule has 2 aromatic rings. The molecule has 1 N–H and O–H groups in total. The van der Waals surface area contributed by atoms with Gasteiger partial charge in [0.05, 0.1) is 18.3 Å². The molecular formula is C23H26F4N4O2. The van der Waals surface area contributed by atoms with Crippen LogP contribution in [-0.2, 0) is 5.54 Å². The third-order valence-corrected chi connectivity index (χ3v) is 6.85. The number of ether oxygens (including phenoxy) is 1. The van der Waals surface area contributed by atoms with Gasteiger partial charge < -0.3 is 10.1 Å². The lowest BCUT2D eigenvalue weighted by atomic mass is 9.69. The quantitative estimate of drug-likeness (QED) is 0.663. The van der Waals surface area contributed by atoms with E-state index >= 15 is 0 Å². The minimum atomic E-state index is -4.81. The van der Waals surface area contributed by atoms with Gasteiger partial charge >= 0.3 is 12.4 Å². The number of hydrogen-bond donors (Lipinski definition) is 1. The van der Waals surface area contributed by atoms with E-state index in [0.29, 0.717) is 43.6 Å². The number of nitrogens with zero attached hydrogens (tertiary/aromatic N) is 3. The molecule has 1 saturated heterocycles. The van der Waals surface area contributed by atoms with Crippen molar-refractivity contribution in [3.63, 3.8) is 0 Å². The van der Waals surface area contributed by atoms with Crippen LogP contribution in [0.5, 0.6) is 5.75 Å². The highest BCUT2D eigenvalue weighted by atomic mass is 19.4. The maximum Gasteiger partial charge on any atom is 0.573 e. The summed E-state index contributed by atoms with van der Waals surface area (Å²) in [5, 5.41) is 3.08. The number of aromatic nitrogens is 1. The molecule has 178 valence electrons. The number of nitrogens with one attached hydrogen (secondary N) is 1. The smallest absolute Gasteiger partial charge is 0.404 e. The highest BCUT2D eigenvalue weighted by molar-refractivity contribution is 5.95. The van der Waals surface area contributed by atoms with Gasteiger partial charge in [0, 0.05) is 5.54 Å². The zero-order valence-corrected chi connectivity index (χ0v) is 18.7. The number of halogens is 4. The number of carbonyl (C=O) groups excluding carboxylic acids is 1. The molecule has 33 heavy (non-hydrogen) atoms. The largest absolute Gasteiger partial charge is 0.573 e. The average molecular weight is 466 g/mol. The first kappa shape index (κ1) is 23.3. The highest BCUT2D eigenvalue weighted by Gasteiger charge is 2.50. The van der Waals surface area contributed by atoms with E-state index in [1.165, 1.54) is 17.0 Å². The Labute approximate surface area is 189 Å². The van der Waals surface area contributed by atoms with Gasteiger partial charge in [-0.05, 0) is 76.0 Å². The van der Waals surface area contributed by atoms with Gasteiger partial charge in [-0.15, -0.1) is 13.2 Å². The maximum absolute atomic E-state index is 13.9. The molecular weight excluding hydrogens is 440 g/mol. The Balaban J connectivity index is 1.53. The molecule has 1 aromatic carbocycles. The second-order valence-electron chi connectivity index (χ2n) is 9.09. The molecule has 0 unspecified atom stereocenters. The molecule has 4 rings (SSSR count). The van der Waals surface area contributed by atoms with Crippen molar-refractivity contribution in [2.75, 3.05) is 25.5 Å². The van der Waals surface area contributed by atoms with Gasteiger partial charge in [-0.3, -0.25) is 9.80 Å². The predicted octanol–water partition coefficient (Wildman–Crippen LogP) is 4.73. The molecule has 2 heterocycles. The van der Waals surface area contributed by atoms with Gasteiger partial charge in [-0.1, -0.05) is 12.1 Å². The average Bonchev–Trinajstić information content (AvgIpc) is 3.03. The third-order valence-electron chi connectivity index (χ3n) is 6.85. The summed E-state index contributed by atoms with van der Waals surface area (Å²) in [6.07, 6.45) is -1.09. The Morgan fingerprint density at radius 1 is 1.15 bits per heavy atom. The highest BCUT2D eigenvalue weighted by Crippen LogP contribution is 2.46. The first-order valence-corrected chi connectivity index (χ1v) is 10.7. The SMILES string of the molecule is Cc1cc(OC(F)(F)F)cnc1N1CC2(CCC(c3cccc(F)c3)(N(C)C)CC2)NC1=O. The fourth-order valence-corrected chi connectivity index (χ4v) is 5.09. The van der Waals surface area contributed by atoms with Crippen molar-refractivity contribution < 1.29 is 27.1 Å². The Morgan fingerprint density at radius 2 is 1.85 bits per heavy atom. The molecule has 0 radical (unpaired) electrons. The second-order valence-corrected chi connectivity index (χ2v) is 9.09. The van der Waals surface area contributed by atoms with Crippen molar-refractivity contribution in [2.45, 2.75) is 50.0 Å². The van der Waals surface area contributed by atoms with Crippen molar-refractivity contribution in [1.29, 1.82) is 0 Å². The molecule has 1 aromatic heterocycles. The molecule has 2 amide bonds. The number of alkyl halides is 3. The number of aryl methyl sites for hydroxylation is 1. The number of hydrogen-bond acceptors (Lipinski definition) is 4. The van der Waals surface area contributed by atoms with Crippen LogP contribution in [0.25, 0.3) is 0 Å². The number of urea groups is 1. The van der Waals surface area contributed by atoms with Crippen LogP contribution in [0.3, 0.4) is 0 Å². The van der Waals surface area contributed by atoms with Gasteiger partial charge in [-0.25, -0.2) is 14.2 Å². The topological polar surface area (TPSA) is 57.7 Å². The molecule has 0 bridgehead atoms. The number of carbonyl (C=O) groups is 1. The maximum atomic E-state index is 13.9. The molecule has 6 nitrogen and oxygen atoms in total. The zero-order valence-electron chi connectivity index (χ0n) is 18.7. The summed E-state index contributed by atoms with van der Waals surface area (Å²) >= 11 is 0. The number of pyridine rings is 1. The second kappa shape index (κ2) is 8.16. The van der Waals surface area contributed by atoms with Crippen LogP contribution >= 0.6 is 0 Å². The fourth-order valence-electron chi connectivity index (χ4n) is 5.09. The lowest BCUT2D eigenvalue weighted by Crippen LogP contribution is -2.54. The number of anilines is 1. The number of amides is 2. The Bertz CT molecular complexity index is 1050. The van der Waals surface area contributed by atoms with Gasteiger partial charge in [0.15, 0.2) is 0 Å². The summed E-state index contributed by atoms with van der Waals surface area (Å²) in [5.74, 6) is -0.413. The molecule has 1 aliphatic carbocycles. The summed E-state index contributed by atoms with van der Waals surface area (Å²) in [7, 11) is 3.95. The summed E-state index contributed by atoms with van der Waals surface area (Å²) in [4.78, 5) is 20.5. The van der Waals surface area contributed by atoms with Crippen LogP contribution in [0.4, 0.5) is 28.2 Å². The predicted molar refractivity (Wildman–Crippen MR) is 114 cm³/mol. The van der Waals surface area contributed by atoms with E-state index in [-0.39, 0.29) is 17.4 Å². The normalized spacial score (nSPS) is 25.6. The fraction of sp³-hybridized carbons (Fsp3) is 0.478. The van der Waals surface area contributed by atoms with Crippen molar-refractivity contribution in [2.24, 2.45) is 0 Å². The van der Waals surface area contributed by atoms with Crippen LogP contribution in [0, 0.1) is 12.7 Å². The van der Waals surface area contributed by atoms with Crippen molar-refractivity contribution in [3.8, 4) is 5.75 Å². The summed E-state index contributed by atoms with van der Waals surface area (Å²) in [6, 6.07) is 7.51. The Morgan fingerprint density at radius 3 is 2.42 bits per heavy atom. The van der Waals surface area contributed by atoms with Crippen LogP contribution in [-0.4, -0.2) is 48.5 Å². The molecule has 1 spiro atoms. The lowest BCUT2D eigenvalue weighted by Gasteiger charge is -2.48. The van der Waals surface area contributed by atoms with Crippen molar-refractivity contribution in [3.05, 3.63) is 53.5 Å². The van der Waals surface area contributed by atoms with Crippen LogP contribution < -0.4 is 15.0 Å². The van der Waals surface area contributed by atoms with Gasteiger partial charge in [-0.2, -0.15) is 0 Å². The minimum Gasteiger partial charge on any atom is -0.404 e.